The molecule has 1 atom stereocenters. The molecule has 0 saturated carbocycles. The van der Waals surface area contributed by atoms with Gasteiger partial charge < -0.3 is 4.72 Å². The molecule has 0 aliphatic carbocycles. The predicted octanol–water partition coefficient (Wildman–Crippen LogP) is 3.27. The van der Waals surface area contributed by atoms with Crippen molar-refractivity contribution in [2.45, 2.75) is 12.7 Å². The predicted molar refractivity (Wildman–Crippen MR) is 73.1 cm³/mol. The van der Waals surface area contributed by atoms with Crippen LogP contribution >= 0.6 is 0 Å². The second-order valence-corrected chi connectivity index (χ2v) is 5.13. The summed E-state index contributed by atoms with van der Waals surface area (Å²) in [6, 6.07) is 17.7. The molecule has 0 aliphatic heterocycles. The fourth-order valence-corrected chi connectivity index (χ4v) is 2.48. The minimum absolute atomic E-state index is 0.523. The number of anilines is 1. The number of hydrogen-bond donors (Lipinski definition) is 1. The average Bonchev–Trinajstić information content (AvgIpc) is 2.33. The van der Waals surface area contributed by atoms with Crippen molar-refractivity contribution in [3.63, 3.8) is 0 Å². The molecule has 1 unspecified atom stereocenters. The van der Waals surface area contributed by atoms with Crippen molar-refractivity contribution in [3.05, 3.63) is 65.7 Å². The molecule has 0 amide bonds. The molecule has 0 radical (unpaired) electrons. The van der Waals surface area contributed by atoms with E-state index < -0.39 is 11.0 Å². The summed E-state index contributed by atoms with van der Waals surface area (Å²) < 4.78 is 14.9. The Kier molecular flexibility index (Phi) is 3.94. The van der Waals surface area contributed by atoms with Gasteiger partial charge in [-0.3, -0.25) is 0 Å². The van der Waals surface area contributed by atoms with E-state index in [0.29, 0.717) is 5.75 Å². The second kappa shape index (κ2) is 5.64. The summed E-state index contributed by atoms with van der Waals surface area (Å²) in [7, 11) is -1.08. The molecule has 2 nitrogen and oxygen atoms in total. The maximum atomic E-state index is 11.9. The number of rotatable bonds is 4. The highest BCUT2D eigenvalue weighted by molar-refractivity contribution is 7.85. The summed E-state index contributed by atoms with van der Waals surface area (Å²) in [6.07, 6.45) is 0. The lowest BCUT2D eigenvalue weighted by atomic mass is 10.2. The van der Waals surface area contributed by atoms with E-state index in [0.717, 1.165) is 11.3 Å². The van der Waals surface area contributed by atoms with Crippen LogP contribution < -0.4 is 4.72 Å². The van der Waals surface area contributed by atoms with E-state index in [9.17, 15) is 4.21 Å². The number of aryl methyl sites for hydroxylation is 1. The summed E-state index contributed by atoms with van der Waals surface area (Å²) in [4.78, 5) is 0. The Morgan fingerprint density at radius 1 is 1.00 bits per heavy atom. The first kappa shape index (κ1) is 11.9. The zero-order valence-corrected chi connectivity index (χ0v) is 10.5. The first-order chi connectivity index (χ1) is 8.24. The van der Waals surface area contributed by atoms with E-state index in [1.54, 1.807) is 0 Å². The van der Waals surface area contributed by atoms with Crippen LogP contribution in [-0.4, -0.2) is 4.21 Å². The van der Waals surface area contributed by atoms with E-state index >= 15 is 0 Å². The van der Waals surface area contributed by atoms with E-state index in [-0.39, 0.29) is 0 Å². The molecular weight excluding hydrogens is 230 g/mol. The molecule has 0 heterocycles. The Hall–Kier alpha value is -1.61. The zero-order chi connectivity index (χ0) is 12.1. The molecule has 0 spiro atoms. The van der Waals surface area contributed by atoms with Crippen molar-refractivity contribution < 1.29 is 4.21 Å². The van der Waals surface area contributed by atoms with Crippen LogP contribution in [-0.2, 0) is 16.7 Å². The lowest BCUT2D eigenvalue weighted by molar-refractivity contribution is 0.686. The maximum Gasteiger partial charge on any atom is 0.121 e. The van der Waals surface area contributed by atoms with Gasteiger partial charge in [-0.15, -0.1) is 0 Å². The van der Waals surface area contributed by atoms with Gasteiger partial charge >= 0.3 is 0 Å². The Morgan fingerprint density at radius 3 is 2.29 bits per heavy atom. The minimum Gasteiger partial charge on any atom is -0.305 e. The van der Waals surface area contributed by atoms with Crippen LogP contribution in [0.25, 0.3) is 0 Å². The van der Waals surface area contributed by atoms with Crippen LogP contribution in [0.1, 0.15) is 11.1 Å². The highest BCUT2D eigenvalue weighted by Crippen LogP contribution is 2.11. The van der Waals surface area contributed by atoms with Crippen LogP contribution in [0.4, 0.5) is 5.69 Å². The van der Waals surface area contributed by atoms with Gasteiger partial charge in [0.25, 0.3) is 0 Å². The molecule has 17 heavy (non-hydrogen) atoms. The summed E-state index contributed by atoms with van der Waals surface area (Å²) in [5.74, 6) is 0.523. The normalized spacial score (nSPS) is 12.1. The van der Waals surface area contributed by atoms with Gasteiger partial charge in [0.05, 0.1) is 5.75 Å². The molecule has 0 aromatic heterocycles. The SMILES string of the molecule is Cc1ccc(NS(=O)Cc2ccccc2)cc1. The quantitative estimate of drug-likeness (QED) is 0.880. The molecule has 2 aromatic carbocycles. The van der Waals surface area contributed by atoms with Crippen LogP contribution in [0.3, 0.4) is 0 Å². The molecule has 0 aliphatic rings. The smallest absolute Gasteiger partial charge is 0.121 e. The van der Waals surface area contributed by atoms with Gasteiger partial charge in [-0.25, -0.2) is 4.21 Å². The average molecular weight is 245 g/mol. The van der Waals surface area contributed by atoms with Crippen molar-refractivity contribution >= 4 is 16.7 Å². The van der Waals surface area contributed by atoms with E-state index in [1.807, 2.05) is 61.5 Å². The molecule has 2 rings (SSSR count). The Labute approximate surface area is 104 Å². The zero-order valence-electron chi connectivity index (χ0n) is 9.72. The van der Waals surface area contributed by atoms with E-state index in [1.165, 1.54) is 5.56 Å². The van der Waals surface area contributed by atoms with Gasteiger partial charge in [0, 0.05) is 5.69 Å². The number of hydrogen-bond acceptors (Lipinski definition) is 1. The molecule has 1 N–H and O–H groups in total. The molecule has 88 valence electrons. The van der Waals surface area contributed by atoms with Crippen molar-refractivity contribution in [2.24, 2.45) is 0 Å². The third-order valence-corrected chi connectivity index (χ3v) is 3.48. The third kappa shape index (κ3) is 3.71. The van der Waals surface area contributed by atoms with Crippen molar-refractivity contribution in [1.29, 1.82) is 0 Å². The molecule has 3 heteroatoms. The van der Waals surface area contributed by atoms with Gasteiger partial charge in [-0.05, 0) is 24.6 Å². The number of nitrogens with one attached hydrogen (secondary N) is 1. The van der Waals surface area contributed by atoms with Crippen molar-refractivity contribution in [3.8, 4) is 0 Å². The van der Waals surface area contributed by atoms with Gasteiger partial charge in [0.2, 0.25) is 0 Å². The van der Waals surface area contributed by atoms with E-state index in [4.69, 9.17) is 0 Å². The minimum atomic E-state index is -1.08. The highest BCUT2D eigenvalue weighted by atomic mass is 32.2. The maximum absolute atomic E-state index is 11.9. The summed E-state index contributed by atoms with van der Waals surface area (Å²) in [5, 5.41) is 0. The van der Waals surface area contributed by atoms with E-state index in [2.05, 4.69) is 4.72 Å². The molecule has 0 fully saturated rings. The third-order valence-electron chi connectivity index (χ3n) is 2.42. The highest BCUT2D eigenvalue weighted by Gasteiger charge is 2.01. The van der Waals surface area contributed by atoms with Gasteiger partial charge in [0.1, 0.15) is 11.0 Å². The topological polar surface area (TPSA) is 29.1 Å². The first-order valence-corrected chi connectivity index (χ1v) is 6.81. The summed E-state index contributed by atoms with van der Waals surface area (Å²) in [6.45, 7) is 2.03. The van der Waals surface area contributed by atoms with Gasteiger partial charge in [-0.2, -0.15) is 0 Å². The second-order valence-electron chi connectivity index (χ2n) is 3.94. The Balaban J connectivity index is 1.96. The standard InChI is InChI=1S/C14H15NOS/c1-12-7-9-14(10-8-12)15-17(16)11-13-5-3-2-4-6-13/h2-10,15H,11H2,1H3. The monoisotopic (exact) mass is 245 g/mol. The molecule has 2 aromatic rings. The van der Waals surface area contributed by atoms with Gasteiger partial charge in [0.15, 0.2) is 0 Å². The fourth-order valence-electron chi connectivity index (χ4n) is 1.51. The van der Waals surface area contributed by atoms with Crippen molar-refractivity contribution in [1.82, 2.24) is 0 Å². The molecule has 0 saturated heterocycles. The summed E-state index contributed by atoms with van der Waals surface area (Å²) >= 11 is 0. The summed E-state index contributed by atoms with van der Waals surface area (Å²) in [5.41, 5.74) is 3.17. The molecule has 0 bridgehead atoms. The van der Waals surface area contributed by atoms with Gasteiger partial charge in [-0.1, -0.05) is 48.0 Å². The van der Waals surface area contributed by atoms with Crippen LogP contribution in [0.5, 0.6) is 0 Å². The van der Waals surface area contributed by atoms with Crippen LogP contribution in [0.2, 0.25) is 0 Å². The fraction of sp³-hybridized carbons (Fsp3) is 0.143. The van der Waals surface area contributed by atoms with Crippen molar-refractivity contribution in [2.75, 3.05) is 4.72 Å². The van der Waals surface area contributed by atoms with Crippen LogP contribution in [0, 0.1) is 6.92 Å². The number of benzene rings is 2. The first-order valence-electron chi connectivity index (χ1n) is 5.50. The lowest BCUT2D eigenvalue weighted by Gasteiger charge is -2.06. The lowest BCUT2D eigenvalue weighted by Crippen LogP contribution is -2.06. The van der Waals surface area contributed by atoms with Crippen LogP contribution in [0.15, 0.2) is 54.6 Å². The molecular formula is C14H15NOS. The largest absolute Gasteiger partial charge is 0.305 e. The Morgan fingerprint density at radius 2 is 1.65 bits per heavy atom. The Bertz CT molecular complexity index is 493.